The summed E-state index contributed by atoms with van der Waals surface area (Å²) in [6.45, 7) is 0. The van der Waals surface area contributed by atoms with Crippen LogP contribution in [0.4, 0.5) is 0 Å². The fraction of sp³-hybridized carbons (Fsp3) is 0.172. The molecular formula is C29H27N3OS. The first-order chi connectivity index (χ1) is 16.8. The number of hydrogen-bond donors (Lipinski definition) is 1. The molecule has 0 aliphatic rings. The molecule has 5 rings (SSSR count). The van der Waals surface area contributed by atoms with Crippen LogP contribution in [0.1, 0.15) is 46.2 Å². The van der Waals surface area contributed by atoms with E-state index in [9.17, 15) is 5.11 Å². The lowest BCUT2D eigenvalue weighted by molar-refractivity contribution is 0.168. The maximum absolute atomic E-state index is 10.4. The van der Waals surface area contributed by atoms with Gasteiger partial charge in [-0.1, -0.05) is 91.0 Å². The first kappa shape index (κ1) is 22.3. The molecule has 5 heteroatoms. The monoisotopic (exact) mass is 465 g/mol. The standard InChI is InChI=1S/C29H27N3OS/c33-27(28-19-30-22-34-28)18-10-17-26-20-32(21-31-26)29(23-11-4-1-5-12-23,24-13-6-2-7-14-24)25-15-8-3-9-16-25/h1-9,11-16,19-22,27,33H,10,17-18H2. The predicted octanol–water partition coefficient (Wildman–Crippen LogP) is 6.24. The second-order valence-corrected chi connectivity index (χ2v) is 9.31. The molecule has 0 amide bonds. The van der Waals surface area contributed by atoms with Crippen molar-refractivity contribution in [2.24, 2.45) is 0 Å². The van der Waals surface area contributed by atoms with E-state index in [0.717, 1.165) is 23.4 Å². The Morgan fingerprint density at radius 1 is 0.824 bits per heavy atom. The van der Waals surface area contributed by atoms with Crippen LogP contribution in [-0.2, 0) is 12.0 Å². The van der Waals surface area contributed by atoms with E-state index in [2.05, 4.69) is 107 Å². The van der Waals surface area contributed by atoms with Gasteiger partial charge in [-0.2, -0.15) is 0 Å². The number of aromatic nitrogens is 3. The maximum atomic E-state index is 10.4. The van der Waals surface area contributed by atoms with Gasteiger partial charge in [0.05, 0.1) is 28.5 Å². The average molecular weight is 466 g/mol. The highest BCUT2D eigenvalue weighted by molar-refractivity contribution is 7.09. The lowest BCUT2D eigenvalue weighted by atomic mass is 9.77. The van der Waals surface area contributed by atoms with Gasteiger partial charge in [-0.05, 0) is 36.0 Å². The van der Waals surface area contributed by atoms with E-state index in [0.29, 0.717) is 6.42 Å². The van der Waals surface area contributed by atoms with Crippen molar-refractivity contribution in [2.75, 3.05) is 0 Å². The fourth-order valence-electron chi connectivity index (χ4n) is 4.67. The van der Waals surface area contributed by atoms with Gasteiger partial charge < -0.3 is 9.67 Å². The Kier molecular flexibility index (Phi) is 6.65. The van der Waals surface area contributed by atoms with Crippen LogP contribution in [0.3, 0.4) is 0 Å². The highest BCUT2D eigenvalue weighted by Gasteiger charge is 2.38. The number of hydrogen-bond acceptors (Lipinski definition) is 4. The Morgan fingerprint density at radius 2 is 1.38 bits per heavy atom. The molecule has 0 spiro atoms. The van der Waals surface area contributed by atoms with Crippen molar-refractivity contribution in [3.8, 4) is 0 Å². The molecule has 1 N–H and O–H groups in total. The molecule has 2 heterocycles. The summed E-state index contributed by atoms with van der Waals surface area (Å²) in [6, 6.07) is 31.8. The van der Waals surface area contributed by atoms with E-state index >= 15 is 0 Å². The van der Waals surface area contributed by atoms with Crippen molar-refractivity contribution in [1.82, 2.24) is 14.5 Å². The van der Waals surface area contributed by atoms with E-state index < -0.39 is 11.6 Å². The van der Waals surface area contributed by atoms with Crippen LogP contribution in [0.2, 0.25) is 0 Å². The Balaban J connectivity index is 1.52. The third-order valence-corrected chi connectivity index (χ3v) is 7.17. The van der Waals surface area contributed by atoms with Crippen molar-refractivity contribution in [3.63, 3.8) is 0 Å². The first-order valence-electron chi connectivity index (χ1n) is 11.5. The highest BCUT2D eigenvalue weighted by atomic mass is 32.1. The maximum Gasteiger partial charge on any atom is 0.121 e. The van der Waals surface area contributed by atoms with Crippen molar-refractivity contribution in [1.29, 1.82) is 0 Å². The van der Waals surface area contributed by atoms with Crippen LogP contribution in [0.5, 0.6) is 0 Å². The molecule has 4 nitrogen and oxygen atoms in total. The molecule has 0 fully saturated rings. The van der Waals surface area contributed by atoms with Gasteiger partial charge in [0.2, 0.25) is 0 Å². The second kappa shape index (κ2) is 10.2. The zero-order valence-electron chi connectivity index (χ0n) is 18.9. The van der Waals surface area contributed by atoms with E-state index in [1.807, 2.05) is 6.33 Å². The predicted molar refractivity (Wildman–Crippen MR) is 137 cm³/mol. The zero-order valence-corrected chi connectivity index (χ0v) is 19.7. The Bertz CT molecular complexity index is 1190. The normalized spacial score (nSPS) is 12.5. The van der Waals surface area contributed by atoms with Crippen LogP contribution >= 0.6 is 11.3 Å². The van der Waals surface area contributed by atoms with E-state index in [1.165, 1.54) is 28.0 Å². The van der Waals surface area contributed by atoms with E-state index in [1.54, 1.807) is 11.7 Å². The number of benzene rings is 3. The van der Waals surface area contributed by atoms with Crippen molar-refractivity contribution < 1.29 is 5.11 Å². The molecule has 1 atom stereocenters. The molecule has 34 heavy (non-hydrogen) atoms. The minimum Gasteiger partial charge on any atom is -0.388 e. The second-order valence-electron chi connectivity index (χ2n) is 8.39. The van der Waals surface area contributed by atoms with Crippen LogP contribution in [0.15, 0.2) is 115 Å². The minimum atomic E-state index is -0.544. The lowest BCUT2D eigenvalue weighted by Crippen LogP contribution is -2.36. The Labute approximate surface area is 204 Å². The zero-order chi connectivity index (χ0) is 23.2. The molecule has 1 unspecified atom stereocenters. The van der Waals surface area contributed by atoms with Gasteiger partial charge in [0.15, 0.2) is 0 Å². The number of aliphatic hydroxyl groups is 1. The highest BCUT2D eigenvalue weighted by Crippen LogP contribution is 2.40. The number of rotatable bonds is 9. The van der Waals surface area contributed by atoms with Gasteiger partial charge >= 0.3 is 0 Å². The number of nitrogens with zero attached hydrogens (tertiary/aromatic N) is 3. The molecule has 0 saturated heterocycles. The number of thiazole rings is 1. The minimum absolute atomic E-state index is 0.466. The van der Waals surface area contributed by atoms with Crippen LogP contribution in [-0.4, -0.2) is 19.6 Å². The van der Waals surface area contributed by atoms with Gasteiger partial charge in [-0.15, -0.1) is 11.3 Å². The van der Waals surface area contributed by atoms with Gasteiger partial charge in [-0.25, -0.2) is 4.98 Å². The molecule has 5 aromatic rings. The third-order valence-electron chi connectivity index (χ3n) is 6.29. The molecule has 2 aromatic heterocycles. The summed E-state index contributed by atoms with van der Waals surface area (Å²) in [4.78, 5) is 9.78. The third kappa shape index (κ3) is 4.32. The largest absolute Gasteiger partial charge is 0.388 e. The topological polar surface area (TPSA) is 50.9 Å². The lowest BCUT2D eigenvalue weighted by Gasteiger charge is -2.37. The molecule has 0 radical (unpaired) electrons. The number of aryl methyl sites for hydroxylation is 1. The summed E-state index contributed by atoms with van der Waals surface area (Å²) in [5.41, 5.74) is 5.77. The van der Waals surface area contributed by atoms with Crippen LogP contribution in [0, 0.1) is 0 Å². The van der Waals surface area contributed by atoms with Gasteiger partial charge in [0.1, 0.15) is 5.54 Å². The Morgan fingerprint density at radius 3 is 1.88 bits per heavy atom. The number of aliphatic hydroxyl groups excluding tert-OH is 1. The molecule has 0 aliphatic carbocycles. The summed E-state index contributed by atoms with van der Waals surface area (Å²) in [6.07, 6.45) is 7.73. The Hall–Kier alpha value is -3.54. The van der Waals surface area contributed by atoms with E-state index in [-0.39, 0.29) is 0 Å². The molecule has 0 bridgehead atoms. The SMILES string of the molecule is OC(CCCc1cn(C(c2ccccc2)(c2ccccc2)c2ccccc2)cn1)c1cncs1. The quantitative estimate of drug-likeness (QED) is 0.262. The first-order valence-corrected chi connectivity index (χ1v) is 12.4. The summed E-state index contributed by atoms with van der Waals surface area (Å²) in [5, 5.41) is 10.4. The van der Waals surface area contributed by atoms with Gasteiger partial charge in [0, 0.05) is 12.4 Å². The van der Waals surface area contributed by atoms with Crippen LogP contribution in [0.25, 0.3) is 0 Å². The van der Waals surface area contributed by atoms with Crippen molar-refractivity contribution in [3.05, 3.63) is 142 Å². The summed E-state index contributed by atoms with van der Waals surface area (Å²) < 4.78 is 2.24. The fourth-order valence-corrected chi connectivity index (χ4v) is 5.31. The average Bonchev–Trinajstić information content (AvgIpc) is 3.60. The summed E-state index contributed by atoms with van der Waals surface area (Å²) in [5.74, 6) is 0. The summed E-state index contributed by atoms with van der Waals surface area (Å²) >= 11 is 1.50. The molecule has 0 aliphatic heterocycles. The van der Waals surface area contributed by atoms with E-state index in [4.69, 9.17) is 4.98 Å². The van der Waals surface area contributed by atoms with Crippen LogP contribution < -0.4 is 0 Å². The van der Waals surface area contributed by atoms with Crippen molar-refractivity contribution >= 4 is 11.3 Å². The van der Waals surface area contributed by atoms with Crippen molar-refractivity contribution in [2.45, 2.75) is 30.9 Å². The molecule has 3 aromatic carbocycles. The molecule has 0 saturated carbocycles. The summed E-state index contributed by atoms with van der Waals surface area (Å²) in [7, 11) is 0. The smallest absolute Gasteiger partial charge is 0.121 e. The van der Waals surface area contributed by atoms with Gasteiger partial charge in [-0.3, -0.25) is 4.98 Å². The number of imidazole rings is 1. The molecule has 170 valence electrons. The molecular weight excluding hydrogens is 438 g/mol. The van der Waals surface area contributed by atoms with Gasteiger partial charge in [0.25, 0.3) is 0 Å².